The van der Waals surface area contributed by atoms with E-state index in [-0.39, 0.29) is 12.3 Å². The normalized spacial score (nSPS) is 13.6. The van der Waals surface area contributed by atoms with Gasteiger partial charge >= 0.3 is 0 Å². The summed E-state index contributed by atoms with van der Waals surface area (Å²) < 4.78 is 10.9. The number of ether oxygens (including phenoxy) is 2. The highest BCUT2D eigenvalue weighted by Crippen LogP contribution is 2.01. The Morgan fingerprint density at radius 3 is 2.00 bits per heavy atom. The molecule has 0 aliphatic carbocycles. The first-order valence-electron chi connectivity index (χ1n) is 5.22. The molecule has 0 amide bonds. The van der Waals surface area contributed by atoms with Crippen molar-refractivity contribution in [3.05, 3.63) is 0 Å². The minimum atomic E-state index is -0.110. The summed E-state index contributed by atoms with van der Waals surface area (Å²) in [6.45, 7) is 10.6. The van der Waals surface area contributed by atoms with Crippen molar-refractivity contribution in [2.75, 3.05) is 19.8 Å². The van der Waals surface area contributed by atoms with E-state index in [1.807, 2.05) is 13.8 Å². The van der Waals surface area contributed by atoms with E-state index in [0.29, 0.717) is 13.2 Å². The van der Waals surface area contributed by atoms with Crippen molar-refractivity contribution in [2.24, 2.45) is 0 Å². The second-order valence-corrected chi connectivity index (χ2v) is 3.02. The molecule has 0 aromatic rings. The minimum absolute atomic E-state index is 0.110. The van der Waals surface area contributed by atoms with Crippen molar-refractivity contribution < 1.29 is 9.47 Å². The van der Waals surface area contributed by atoms with E-state index in [9.17, 15) is 0 Å². The summed E-state index contributed by atoms with van der Waals surface area (Å²) in [5.74, 6) is 0. The molecule has 0 heterocycles. The largest absolute Gasteiger partial charge is 0.351 e. The lowest BCUT2D eigenvalue weighted by Gasteiger charge is -2.24. The van der Waals surface area contributed by atoms with Crippen LogP contribution in [-0.2, 0) is 9.47 Å². The summed E-state index contributed by atoms with van der Waals surface area (Å²) in [5, 5.41) is 3.35. The fourth-order valence-electron chi connectivity index (χ4n) is 1.13. The molecule has 13 heavy (non-hydrogen) atoms. The Kier molecular flexibility index (Phi) is 8.40. The highest BCUT2D eigenvalue weighted by atomic mass is 16.7. The van der Waals surface area contributed by atoms with Crippen LogP contribution >= 0.6 is 0 Å². The summed E-state index contributed by atoms with van der Waals surface area (Å²) in [4.78, 5) is 0. The van der Waals surface area contributed by atoms with Crippen LogP contribution in [-0.4, -0.2) is 32.1 Å². The molecule has 80 valence electrons. The molecule has 0 saturated heterocycles. The number of hydrogen-bond acceptors (Lipinski definition) is 3. The zero-order valence-electron chi connectivity index (χ0n) is 9.30. The number of nitrogens with one attached hydrogen (secondary N) is 1. The van der Waals surface area contributed by atoms with Crippen LogP contribution < -0.4 is 5.32 Å². The van der Waals surface area contributed by atoms with Crippen molar-refractivity contribution in [2.45, 2.75) is 46.4 Å². The van der Waals surface area contributed by atoms with E-state index in [1.165, 1.54) is 0 Å². The Bertz CT molecular complexity index is 103. The van der Waals surface area contributed by atoms with Crippen LogP contribution in [0.1, 0.15) is 34.1 Å². The first-order valence-corrected chi connectivity index (χ1v) is 5.22. The molecular formula is C10H23NO2. The van der Waals surface area contributed by atoms with E-state index in [4.69, 9.17) is 9.47 Å². The molecular weight excluding hydrogens is 166 g/mol. The van der Waals surface area contributed by atoms with Gasteiger partial charge in [0.2, 0.25) is 0 Å². The maximum atomic E-state index is 5.46. The first kappa shape index (κ1) is 12.9. The Morgan fingerprint density at radius 2 is 1.62 bits per heavy atom. The maximum absolute atomic E-state index is 5.46. The standard InChI is InChI=1S/C10H23NO2/c1-5-8-11-9(4)10(12-6-2)13-7-3/h9-11H,5-8H2,1-4H3. The van der Waals surface area contributed by atoms with Gasteiger partial charge in [0.1, 0.15) is 0 Å². The third-order valence-electron chi connectivity index (χ3n) is 1.79. The molecule has 3 nitrogen and oxygen atoms in total. The highest BCUT2D eigenvalue weighted by Gasteiger charge is 2.15. The van der Waals surface area contributed by atoms with Crippen LogP contribution in [0.25, 0.3) is 0 Å². The van der Waals surface area contributed by atoms with Gasteiger partial charge in [-0.2, -0.15) is 0 Å². The van der Waals surface area contributed by atoms with Crippen molar-refractivity contribution in [3.63, 3.8) is 0 Å². The SMILES string of the molecule is CCCNC(C)C(OCC)OCC. The molecule has 0 aliphatic rings. The molecule has 1 N–H and O–H groups in total. The van der Waals surface area contributed by atoms with E-state index in [1.54, 1.807) is 0 Å². The van der Waals surface area contributed by atoms with E-state index in [0.717, 1.165) is 13.0 Å². The monoisotopic (exact) mass is 189 g/mol. The number of hydrogen-bond donors (Lipinski definition) is 1. The summed E-state index contributed by atoms with van der Waals surface area (Å²) in [6, 6.07) is 0.264. The second-order valence-electron chi connectivity index (χ2n) is 3.02. The molecule has 0 aliphatic heterocycles. The van der Waals surface area contributed by atoms with Gasteiger partial charge in [0.25, 0.3) is 0 Å². The van der Waals surface area contributed by atoms with Crippen molar-refractivity contribution in [1.29, 1.82) is 0 Å². The lowest BCUT2D eigenvalue weighted by Crippen LogP contribution is -2.41. The maximum Gasteiger partial charge on any atom is 0.172 e. The third-order valence-corrected chi connectivity index (χ3v) is 1.79. The smallest absolute Gasteiger partial charge is 0.172 e. The van der Waals surface area contributed by atoms with Gasteiger partial charge in [-0.15, -0.1) is 0 Å². The summed E-state index contributed by atoms with van der Waals surface area (Å²) >= 11 is 0. The fraction of sp³-hybridized carbons (Fsp3) is 1.00. The summed E-state index contributed by atoms with van der Waals surface area (Å²) in [6.07, 6.45) is 1.02. The molecule has 0 aromatic heterocycles. The third kappa shape index (κ3) is 6.02. The zero-order chi connectivity index (χ0) is 10.1. The quantitative estimate of drug-likeness (QED) is 0.590. The Hall–Kier alpha value is -0.120. The van der Waals surface area contributed by atoms with Gasteiger partial charge in [-0.3, -0.25) is 0 Å². The molecule has 0 spiro atoms. The second kappa shape index (κ2) is 8.48. The molecule has 0 radical (unpaired) electrons. The van der Waals surface area contributed by atoms with Crippen molar-refractivity contribution in [3.8, 4) is 0 Å². The van der Waals surface area contributed by atoms with E-state index < -0.39 is 0 Å². The van der Waals surface area contributed by atoms with Gasteiger partial charge in [-0.05, 0) is 33.7 Å². The van der Waals surface area contributed by atoms with Crippen LogP contribution in [0.5, 0.6) is 0 Å². The molecule has 0 saturated carbocycles. The van der Waals surface area contributed by atoms with Crippen LogP contribution in [0, 0.1) is 0 Å². The average Bonchev–Trinajstić information content (AvgIpc) is 2.14. The van der Waals surface area contributed by atoms with Gasteiger partial charge in [0.15, 0.2) is 6.29 Å². The Morgan fingerprint density at radius 1 is 1.08 bits per heavy atom. The van der Waals surface area contributed by atoms with Crippen LogP contribution in [0.4, 0.5) is 0 Å². The van der Waals surface area contributed by atoms with Gasteiger partial charge in [-0.1, -0.05) is 6.92 Å². The Balaban J connectivity index is 3.72. The minimum Gasteiger partial charge on any atom is -0.351 e. The summed E-state index contributed by atoms with van der Waals surface area (Å²) in [7, 11) is 0. The fourth-order valence-corrected chi connectivity index (χ4v) is 1.13. The average molecular weight is 189 g/mol. The van der Waals surface area contributed by atoms with Gasteiger partial charge in [0.05, 0.1) is 6.04 Å². The molecule has 1 unspecified atom stereocenters. The molecule has 0 rings (SSSR count). The molecule has 0 aromatic carbocycles. The predicted molar refractivity (Wildman–Crippen MR) is 54.8 cm³/mol. The van der Waals surface area contributed by atoms with Gasteiger partial charge in [-0.25, -0.2) is 0 Å². The number of rotatable bonds is 8. The summed E-state index contributed by atoms with van der Waals surface area (Å²) in [5.41, 5.74) is 0. The van der Waals surface area contributed by atoms with Crippen LogP contribution in [0.2, 0.25) is 0 Å². The lowest BCUT2D eigenvalue weighted by molar-refractivity contribution is -0.150. The van der Waals surface area contributed by atoms with Crippen LogP contribution in [0.15, 0.2) is 0 Å². The molecule has 3 heteroatoms. The molecule has 1 atom stereocenters. The van der Waals surface area contributed by atoms with E-state index >= 15 is 0 Å². The Labute approximate surface area is 81.8 Å². The first-order chi connectivity index (χ1) is 6.26. The lowest BCUT2D eigenvalue weighted by atomic mass is 10.3. The van der Waals surface area contributed by atoms with Crippen molar-refractivity contribution in [1.82, 2.24) is 5.32 Å². The van der Waals surface area contributed by atoms with E-state index in [2.05, 4.69) is 19.2 Å². The molecule has 0 bridgehead atoms. The zero-order valence-corrected chi connectivity index (χ0v) is 9.30. The van der Waals surface area contributed by atoms with Gasteiger partial charge in [0, 0.05) is 13.2 Å². The topological polar surface area (TPSA) is 30.5 Å². The van der Waals surface area contributed by atoms with Gasteiger partial charge < -0.3 is 14.8 Å². The highest BCUT2D eigenvalue weighted by molar-refractivity contribution is 4.64. The van der Waals surface area contributed by atoms with Crippen LogP contribution in [0.3, 0.4) is 0 Å². The molecule has 0 fully saturated rings. The van der Waals surface area contributed by atoms with Crippen molar-refractivity contribution >= 4 is 0 Å². The predicted octanol–water partition coefficient (Wildman–Crippen LogP) is 1.77.